The molecule has 0 aliphatic heterocycles. The number of pyridine rings is 1. The molecule has 1 N–H and O–H groups in total. The Labute approximate surface area is 102 Å². The van der Waals surface area contributed by atoms with Crippen molar-refractivity contribution >= 4 is 15.9 Å². The Balaban J connectivity index is 2.55. The van der Waals surface area contributed by atoms with Crippen molar-refractivity contribution in [1.82, 2.24) is 14.8 Å². The predicted molar refractivity (Wildman–Crippen MR) is 63.8 cm³/mol. The molecule has 0 amide bonds. The van der Waals surface area contributed by atoms with Crippen LogP contribution in [-0.4, -0.2) is 19.9 Å². The van der Waals surface area contributed by atoms with E-state index in [1.807, 2.05) is 6.07 Å². The summed E-state index contributed by atoms with van der Waals surface area (Å²) in [5.41, 5.74) is 0.332. The second-order valence-corrected chi connectivity index (χ2v) is 4.63. The van der Waals surface area contributed by atoms with Gasteiger partial charge >= 0.3 is 0 Å². The Bertz CT molecular complexity index is 474. The van der Waals surface area contributed by atoms with E-state index in [4.69, 9.17) is 0 Å². The van der Waals surface area contributed by atoms with E-state index in [1.54, 1.807) is 43.3 Å². The van der Waals surface area contributed by atoms with Crippen LogP contribution in [0.4, 0.5) is 0 Å². The molecule has 0 saturated carbocycles. The third-order valence-corrected chi connectivity index (χ3v) is 3.16. The van der Waals surface area contributed by atoms with Gasteiger partial charge in [0.1, 0.15) is 5.60 Å². The monoisotopic (exact) mass is 281 g/mol. The lowest BCUT2D eigenvalue weighted by Crippen LogP contribution is -2.26. The molecule has 0 radical (unpaired) electrons. The molecule has 2 aromatic heterocycles. The molecule has 2 heterocycles. The maximum atomic E-state index is 10.6. The molecule has 84 valence electrons. The highest BCUT2D eigenvalue weighted by Crippen LogP contribution is 2.32. The molecule has 1 unspecified atom stereocenters. The lowest BCUT2D eigenvalue weighted by molar-refractivity contribution is 0.0917. The highest BCUT2D eigenvalue weighted by Gasteiger charge is 2.31. The van der Waals surface area contributed by atoms with E-state index >= 15 is 0 Å². The molecule has 0 bridgehead atoms. The molecule has 2 rings (SSSR count). The number of halogens is 1. The minimum Gasteiger partial charge on any atom is -0.379 e. The summed E-state index contributed by atoms with van der Waals surface area (Å²) in [5.74, 6) is 0. The largest absolute Gasteiger partial charge is 0.379 e. The zero-order valence-corrected chi connectivity index (χ0v) is 10.6. The lowest BCUT2D eigenvalue weighted by atomic mass is 9.94. The van der Waals surface area contributed by atoms with Crippen LogP contribution >= 0.6 is 15.9 Å². The predicted octanol–water partition coefficient (Wildman–Crippen LogP) is 1.83. The Kier molecular flexibility index (Phi) is 2.82. The van der Waals surface area contributed by atoms with Gasteiger partial charge in [0, 0.05) is 25.0 Å². The number of aromatic nitrogens is 3. The fraction of sp³-hybridized carbons (Fsp3) is 0.273. The van der Waals surface area contributed by atoms with Crippen LogP contribution in [0.2, 0.25) is 0 Å². The number of nitrogens with zero attached hydrogens (tertiary/aromatic N) is 3. The summed E-state index contributed by atoms with van der Waals surface area (Å²) in [6.45, 7) is 1.73. The molecule has 2 aromatic rings. The SMILES string of the molecule is Cn1ncc(Br)c1C(C)(O)c1cccnc1. The molecular formula is C11H12BrN3O. The van der Waals surface area contributed by atoms with Gasteiger partial charge in [-0.15, -0.1) is 0 Å². The number of hydrogen-bond acceptors (Lipinski definition) is 3. The van der Waals surface area contributed by atoms with Crippen molar-refractivity contribution in [3.63, 3.8) is 0 Å². The Morgan fingerprint density at radius 2 is 2.19 bits per heavy atom. The van der Waals surface area contributed by atoms with Crippen molar-refractivity contribution in [3.8, 4) is 0 Å². The van der Waals surface area contributed by atoms with Crippen molar-refractivity contribution < 1.29 is 5.11 Å². The van der Waals surface area contributed by atoms with E-state index in [2.05, 4.69) is 26.0 Å². The lowest BCUT2D eigenvalue weighted by Gasteiger charge is -2.24. The van der Waals surface area contributed by atoms with Gasteiger partial charge in [0.05, 0.1) is 16.4 Å². The zero-order chi connectivity index (χ0) is 11.8. The third-order valence-electron chi connectivity index (χ3n) is 2.58. The quantitative estimate of drug-likeness (QED) is 0.914. The highest BCUT2D eigenvalue weighted by molar-refractivity contribution is 9.10. The number of aliphatic hydroxyl groups is 1. The smallest absolute Gasteiger partial charge is 0.131 e. The fourth-order valence-electron chi connectivity index (χ4n) is 1.75. The van der Waals surface area contributed by atoms with Crippen LogP contribution < -0.4 is 0 Å². The summed E-state index contributed by atoms with van der Waals surface area (Å²) in [4.78, 5) is 4.02. The molecule has 4 nitrogen and oxygen atoms in total. The molecule has 1 atom stereocenters. The van der Waals surface area contributed by atoms with Gasteiger partial charge < -0.3 is 5.11 Å². The average molecular weight is 282 g/mol. The normalized spacial score (nSPS) is 14.8. The molecule has 5 heteroatoms. The molecular weight excluding hydrogens is 270 g/mol. The van der Waals surface area contributed by atoms with Crippen molar-refractivity contribution in [2.75, 3.05) is 0 Å². The molecule has 0 spiro atoms. The van der Waals surface area contributed by atoms with Gasteiger partial charge in [-0.2, -0.15) is 5.10 Å². The van der Waals surface area contributed by atoms with Crippen molar-refractivity contribution in [1.29, 1.82) is 0 Å². The highest BCUT2D eigenvalue weighted by atomic mass is 79.9. The molecule has 0 saturated heterocycles. The maximum Gasteiger partial charge on any atom is 0.131 e. The zero-order valence-electron chi connectivity index (χ0n) is 9.05. The number of aryl methyl sites for hydroxylation is 1. The van der Waals surface area contributed by atoms with Crippen LogP contribution in [-0.2, 0) is 12.6 Å². The Hall–Kier alpha value is -1.20. The van der Waals surface area contributed by atoms with Gasteiger partial charge in [-0.3, -0.25) is 9.67 Å². The van der Waals surface area contributed by atoms with Crippen LogP contribution in [0.3, 0.4) is 0 Å². The first kappa shape index (κ1) is 11.3. The standard InChI is InChI=1S/C11H12BrN3O/c1-11(16,8-4-3-5-13-6-8)10-9(12)7-14-15(10)2/h3-7,16H,1-2H3. The van der Waals surface area contributed by atoms with Crippen LogP contribution in [0.15, 0.2) is 35.2 Å². The first-order chi connectivity index (χ1) is 7.53. The average Bonchev–Trinajstić information content (AvgIpc) is 2.60. The van der Waals surface area contributed by atoms with Gasteiger partial charge in [-0.05, 0) is 28.9 Å². The van der Waals surface area contributed by atoms with Crippen LogP contribution in [0, 0.1) is 0 Å². The summed E-state index contributed by atoms with van der Waals surface area (Å²) in [6.07, 6.45) is 5.00. The van der Waals surface area contributed by atoms with Crippen molar-refractivity contribution in [3.05, 3.63) is 46.5 Å². The molecule has 0 fully saturated rings. The summed E-state index contributed by atoms with van der Waals surface area (Å²) in [6, 6.07) is 3.64. The third kappa shape index (κ3) is 1.76. The van der Waals surface area contributed by atoms with Gasteiger partial charge in [-0.1, -0.05) is 6.07 Å². The maximum absolute atomic E-state index is 10.6. The van der Waals surface area contributed by atoms with Crippen LogP contribution in [0.25, 0.3) is 0 Å². The topological polar surface area (TPSA) is 50.9 Å². The molecule has 0 aliphatic rings. The Morgan fingerprint density at radius 3 is 2.69 bits per heavy atom. The van der Waals surface area contributed by atoms with E-state index in [-0.39, 0.29) is 0 Å². The van der Waals surface area contributed by atoms with Gasteiger partial charge in [0.15, 0.2) is 0 Å². The summed E-state index contributed by atoms with van der Waals surface area (Å²) in [7, 11) is 1.80. The molecule has 16 heavy (non-hydrogen) atoms. The first-order valence-corrected chi connectivity index (χ1v) is 5.63. The first-order valence-electron chi connectivity index (χ1n) is 4.84. The van der Waals surface area contributed by atoms with Crippen molar-refractivity contribution in [2.45, 2.75) is 12.5 Å². The number of rotatable bonds is 2. The van der Waals surface area contributed by atoms with E-state index in [0.717, 1.165) is 10.0 Å². The van der Waals surface area contributed by atoms with Crippen molar-refractivity contribution in [2.24, 2.45) is 7.05 Å². The Morgan fingerprint density at radius 1 is 1.44 bits per heavy atom. The van der Waals surface area contributed by atoms with Gasteiger partial charge in [0.25, 0.3) is 0 Å². The minimum absolute atomic E-state index is 0.709. The fourth-order valence-corrected chi connectivity index (χ4v) is 2.48. The van der Waals surface area contributed by atoms with E-state index in [9.17, 15) is 5.11 Å². The number of hydrogen-bond donors (Lipinski definition) is 1. The van der Waals surface area contributed by atoms with Crippen LogP contribution in [0.1, 0.15) is 18.2 Å². The van der Waals surface area contributed by atoms with E-state index in [1.165, 1.54) is 0 Å². The summed E-state index contributed by atoms with van der Waals surface area (Å²) in [5, 5.41) is 14.7. The van der Waals surface area contributed by atoms with Crippen LogP contribution in [0.5, 0.6) is 0 Å². The minimum atomic E-state index is -1.11. The molecule has 0 aromatic carbocycles. The summed E-state index contributed by atoms with van der Waals surface area (Å²) < 4.78 is 2.43. The second-order valence-electron chi connectivity index (χ2n) is 3.78. The second kappa shape index (κ2) is 3.99. The van der Waals surface area contributed by atoms with E-state index in [0.29, 0.717) is 5.69 Å². The van der Waals surface area contributed by atoms with E-state index < -0.39 is 5.60 Å². The molecule has 0 aliphatic carbocycles. The van der Waals surface area contributed by atoms with Gasteiger partial charge in [-0.25, -0.2) is 0 Å². The van der Waals surface area contributed by atoms with Gasteiger partial charge in [0.2, 0.25) is 0 Å². The summed E-state index contributed by atoms with van der Waals surface area (Å²) >= 11 is 3.39.